The van der Waals surface area contributed by atoms with Crippen molar-refractivity contribution < 1.29 is 4.42 Å². The molecule has 0 spiro atoms. The molecule has 0 radical (unpaired) electrons. The first-order chi connectivity index (χ1) is 9.31. The number of hydrogen-bond donors (Lipinski definition) is 1. The summed E-state index contributed by atoms with van der Waals surface area (Å²) in [6.45, 7) is 9.92. The topological polar surface area (TPSA) is 28.4 Å². The fourth-order valence-corrected chi connectivity index (χ4v) is 2.78. The van der Waals surface area contributed by atoms with Crippen molar-refractivity contribution in [1.29, 1.82) is 0 Å². The lowest BCUT2D eigenvalue weighted by Crippen LogP contribution is -2.32. The number of rotatable bonds is 7. The Labute approximate surface area is 117 Å². The highest BCUT2D eigenvalue weighted by Gasteiger charge is 2.18. The minimum Gasteiger partial charge on any atom is -0.468 e. The van der Waals surface area contributed by atoms with E-state index in [4.69, 9.17) is 4.42 Å². The van der Waals surface area contributed by atoms with Gasteiger partial charge in [0.1, 0.15) is 5.76 Å². The van der Waals surface area contributed by atoms with Crippen LogP contribution in [0.1, 0.15) is 50.9 Å². The lowest BCUT2D eigenvalue weighted by molar-refractivity contribution is 0.164. The van der Waals surface area contributed by atoms with E-state index >= 15 is 0 Å². The van der Waals surface area contributed by atoms with Gasteiger partial charge in [0, 0.05) is 12.1 Å². The molecule has 1 aliphatic rings. The normalized spacial score (nSPS) is 18.0. The van der Waals surface area contributed by atoms with Crippen molar-refractivity contribution in [3.63, 3.8) is 0 Å². The van der Waals surface area contributed by atoms with Crippen LogP contribution in [0.25, 0.3) is 0 Å². The number of likely N-dealkylation sites (tertiary alicyclic amines) is 1. The molecule has 2 heterocycles. The van der Waals surface area contributed by atoms with Gasteiger partial charge in [-0.3, -0.25) is 4.90 Å². The van der Waals surface area contributed by atoms with Crippen molar-refractivity contribution in [1.82, 2.24) is 10.2 Å². The maximum absolute atomic E-state index is 5.67. The van der Waals surface area contributed by atoms with Crippen LogP contribution in [0, 0.1) is 5.92 Å². The van der Waals surface area contributed by atoms with Gasteiger partial charge in [-0.1, -0.05) is 20.3 Å². The molecule has 0 aromatic carbocycles. The van der Waals surface area contributed by atoms with Crippen molar-refractivity contribution >= 4 is 0 Å². The first kappa shape index (κ1) is 14.6. The first-order valence-electron chi connectivity index (χ1n) is 7.81. The average Bonchev–Trinajstić information content (AvgIpc) is 2.88. The first-order valence-corrected chi connectivity index (χ1v) is 7.81. The van der Waals surface area contributed by atoms with Gasteiger partial charge >= 0.3 is 0 Å². The Balaban J connectivity index is 1.74. The molecule has 0 amide bonds. The van der Waals surface area contributed by atoms with Crippen molar-refractivity contribution in [3.05, 3.63) is 23.7 Å². The third kappa shape index (κ3) is 4.66. The van der Waals surface area contributed by atoms with Crippen LogP contribution in [0.15, 0.2) is 16.7 Å². The third-order valence-electron chi connectivity index (χ3n) is 4.13. The predicted octanol–water partition coefficient (Wildman–Crippen LogP) is 3.40. The Morgan fingerprint density at radius 3 is 2.79 bits per heavy atom. The number of piperidine rings is 1. The molecule has 0 aliphatic carbocycles. The van der Waals surface area contributed by atoms with E-state index in [1.54, 1.807) is 0 Å². The molecule has 0 unspecified atom stereocenters. The second-order valence-corrected chi connectivity index (χ2v) is 5.73. The van der Waals surface area contributed by atoms with Crippen LogP contribution in [-0.2, 0) is 13.1 Å². The Bertz CT molecular complexity index is 353. The lowest BCUT2D eigenvalue weighted by Gasteiger charge is -2.30. The smallest absolute Gasteiger partial charge is 0.118 e. The largest absolute Gasteiger partial charge is 0.468 e. The molecule has 2 rings (SSSR count). The highest BCUT2D eigenvalue weighted by molar-refractivity contribution is 5.12. The molecule has 1 aromatic heterocycles. The Kier molecular flexibility index (Phi) is 5.93. The summed E-state index contributed by atoms with van der Waals surface area (Å²) in [5.74, 6) is 2.06. The van der Waals surface area contributed by atoms with Crippen molar-refractivity contribution in [2.24, 2.45) is 5.92 Å². The van der Waals surface area contributed by atoms with E-state index in [0.29, 0.717) is 0 Å². The minimum absolute atomic E-state index is 0.926. The Hall–Kier alpha value is -0.800. The maximum atomic E-state index is 5.67. The van der Waals surface area contributed by atoms with Gasteiger partial charge in [-0.25, -0.2) is 0 Å². The van der Waals surface area contributed by atoms with Crippen LogP contribution in [0.3, 0.4) is 0 Å². The van der Waals surface area contributed by atoms with Crippen molar-refractivity contribution in [2.45, 2.75) is 52.6 Å². The molecule has 3 heteroatoms. The standard InChI is InChI=1S/C16H28N2O/c1-3-7-17-11-15-10-16(19-13-15)12-18-8-5-14(4-2)6-9-18/h10,13-14,17H,3-9,11-12H2,1-2H3. The minimum atomic E-state index is 0.926. The van der Waals surface area contributed by atoms with Gasteiger partial charge in [0.05, 0.1) is 12.8 Å². The van der Waals surface area contributed by atoms with Crippen LogP contribution >= 0.6 is 0 Å². The fraction of sp³-hybridized carbons (Fsp3) is 0.750. The molecule has 1 fully saturated rings. The molecule has 1 N–H and O–H groups in total. The van der Waals surface area contributed by atoms with Crippen LogP contribution < -0.4 is 5.32 Å². The van der Waals surface area contributed by atoms with Crippen LogP contribution in [0.5, 0.6) is 0 Å². The molecule has 0 atom stereocenters. The zero-order valence-electron chi connectivity index (χ0n) is 12.5. The molecule has 0 saturated carbocycles. The zero-order valence-corrected chi connectivity index (χ0v) is 12.5. The van der Waals surface area contributed by atoms with E-state index in [1.165, 1.54) is 44.3 Å². The second-order valence-electron chi connectivity index (χ2n) is 5.73. The molecule has 3 nitrogen and oxygen atoms in total. The van der Waals surface area contributed by atoms with Gasteiger partial charge in [-0.05, 0) is 50.9 Å². The van der Waals surface area contributed by atoms with E-state index in [-0.39, 0.29) is 0 Å². The predicted molar refractivity (Wildman–Crippen MR) is 79.0 cm³/mol. The number of nitrogens with zero attached hydrogens (tertiary/aromatic N) is 1. The highest BCUT2D eigenvalue weighted by Crippen LogP contribution is 2.21. The highest BCUT2D eigenvalue weighted by atomic mass is 16.3. The van der Waals surface area contributed by atoms with Crippen LogP contribution in [0.4, 0.5) is 0 Å². The second kappa shape index (κ2) is 7.71. The van der Waals surface area contributed by atoms with Gasteiger partial charge in [-0.2, -0.15) is 0 Å². The van der Waals surface area contributed by atoms with E-state index in [1.807, 2.05) is 6.26 Å². The monoisotopic (exact) mass is 264 g/mol. The van der Waals surface area contributed by atoms with Crippen LogP contribution in [-0.4, -0.2) is 24.5 Å². The van der Waals surface area contributed by atoms with E-state index in [9.17, 15) is 0 Å². The van der Waals surface area contributed by atoms with Crippen LogP contribution in [0.2, 0.25) is 0 Å². The summed E-state index contributed by atoms with van der Waals surface area (Å²) in [6, 6.07) is 2.20. The molecular formula is C16H28N2O. The van der Waals surface area contributed by atoms with Gasteiger partial charge < -0.3 is 9.73 Å². The SMILES string of the molecule is CCCNCc1coc(CN2CCC(CC)CC2)c1. The zero-order chi connectivity index (χ0) is 13.5. The summed E-state index contributed by atoms with van der Waals surface area (Å²) in [7, 11) is 0. The van der Waals surface area contributed by atoms with E-state index in [2.05, 4.69) is 30.1 Å². The van der Waals surface area contributed by atoms with Gasteiger partial charge in [0.15, 0.2) is 0 Å². The molecular weight excluding hydrogens is 236 g/mol. The molecule has 1 aromatic rings. The van der Waals surface area contributed by atoms with Gasteiger partial charge in [-0.15, -0.1) is 0 Å². The lowest BCUT2D eigenvalue weighted by atomic mass is 9.94. The molecule has 1 aliphatic heterocycles. The number of hydrogen-bond acceptors (Lipinski definition) is 3. The van der Waals surface area contributed by atoms with Crippen molar-refractivity contribution in [3.8, 4) is 0 Å². The molecule has 0 bridgehead atoms. The third-order valence-corrected chi connectivity index (χ3v) is 4.13. The van der Waals surface area contributed by atoms with Gasteiger partial charge in [0.25, 0.3) is 0 Å². The van der Waals surface area contributed by atoms with E-state index < -0.39 is 0 Å². The van der Waals surface area contributed by atoms with Crippen molar-refractivity contribution in [2.75, 3.05) is 19.6 Å². The Morgan fingerprint density at radius 2 is 2.11 bits per heavy atom. The fourth-order valence-electron chi connectivity index (χ4n) is 2.78. The number of furan rings is 1. The summed E-state index contributed by atoms with van der Waals surface area (Å²) in [5, 5.41) is 3.41. The van der Waals surface area contributed by atoms with E-state index in [0.717, 1.165) is 31.3 Å². The summed E-state index contributed by atoms with van der Waals surface area (Å²) < 4.78 is 5.67. The maximum Gasteiger partial charge on any atom is 0.118 e. The quantitative estimate of drug-likeness (QED) is 0.765. The molecule has 1 saturated heterocycles. The number of nitrogens with one attached hydrogen (secondary N) is 1. The molecule has 108 valence electrons. The Morgan fingerprint density at radius 1 is 1.32 bits per heavy atom. The summed E-state index contributed by atoms with van der Waals surface area (Å²) in [5.41, 5.74) is 1.27. The summed E-state index contributed by atoms with van der Waals surface area (Å²) in [6.07, 6.45) is 7.11. The summed E-state index contributed by atoms with van der Waals surface area (Å²) in [4.78, 5) is 2.52. The average molecular weight is 264 g/mol. The summed E-state index contributed by atoms with van der Waals surface area (Å²) >= 11 is 0. The molecule has 19 heavy (non-hydrogen) atoms. The van der Waals surface area contributed by atoms with Gasteiger partial charge in [0.2, 0.25) is 0 Å².